The van der Waals surface area contributed by atoms with Gasteiger partial charge in [-0.2, -0.15) is 10.2 Å². The number of benzene rings is 3. The van der Waals surface area contributed by atoms with E-state index in [4.69, 9.17) is 9.78 Å². The van der Waals surface area contributed by atoms with Gasteiger partial charge in [-0.15, -0.1) is 0 Å². The number of anilines is 1. The Morgan fingerprint density at radius 2 is 1.74 bits per heavy atom. The molecule has 2 aliphatic rings. The smallest absolute Gasteiger partial charge is 0.259 e. The molecule has 3 aromatic carbocycles. The zero-order valence-electron chi connectivity index (χ0n) is 18.3. The van der Waals surface area contributed by atoms with Gasteiger partial charge in [0.25, 0.3) is 11.8 Å². The lowest BCUT2D eigenvalue weighted by molar-refractivity contribution is 0.0974. The molecule has 1 aromatic heterocycles. The van der Waals surface area contributed by atoms with Crippen molar-refractivity contribution in [2.75, 3.05) is 4.90 Å². The predicted molar refractivity (Wildman–Crippen MR) is 130 cm³/mol. The van der Waals surface area contributed by atoms with E-state index in [1.54, 1.807) is 36.0 Å². The molecule has 0 atom stereocenters. The van der Waals surface area contributed by atoms with Crippen LogP contribution in [0.5, 0.6) is 0 Å². The Hall–Kier alpha value is -3.89. The molecule has 0 N–H and O–H groups in total. The number of amides is 1. The van der Waals surface area contributed by atoms with Crippen LogP contribution in [-0.4, -0.2) is 22.1 Å². The second-order valence-electron chi connectivity index (χ2n) is 8.51. The Kier molecular flexibility index (Phi) is 5.16. The molecule has 0 bridgehead atoms. The number of nitrogens with zero attached hydrogens (tertiary/aromatic N) is 4. The third-order valence-corrected chi connectivity index (χ3v) is 7.53. The van der Waals surface area contributed by atoms with E-state index >= 15 is 0 Å². The van der Waals surface area contributed by atoms with Crippen molar-refractivity contribution in [3.63, 3.8) is 0 Å². The van der Waals surface area contributed by atoms with Gasteiger partial charge < -0.3 is 9.42 Å². The molecule has 4 aromatic rings. The van der Waals surface area contributed by atoms with Crippen molar-refractivity contribution in [3.8, 4) is 28.9 Å². The zero-order valence-corrected chi connectivity index (χ0v) is 19.1. The second kappa shape index (κ2) is 8.47. The molecule has 0 unspecified atom stereocenters. The quantitative estimate of drug-likeness (QED) is 0.352. The minimum atomic E-state index is 0.0733. The van der Waals surface area contributed by atoms with Gasteiger partial charge in [-0.3, -0.25) is 4.79 Å². The molecule has 0 spiro atoms. The summed E-state index contributed by atoms with van der Waals surface area (Å²) in [6.45, 7) is 0. The maximum Gasteiger partial charge on any atom is 0.259 e. The molecular weight excluding hydrogens is 444 g/mol. The Balaban J connectivity index is 1.40. The van der Waals surface area contributed by atoms with Gasteiger partial charge in [0.15, 0.2) is 0 Å². The number of carbonyl (C=O) groups is 1. The highest BCUT2D eigenvalue weighted by Gasteiger charge is 2.34. The molecule has 0 saturated heterocycles. The van der Waals surface area contributed by atoms with Crippen LogP contribution in [0.25, 0.3) is 22.8 Å². The standard InChI is InChI=1S/C27H20N4O2S/c28-16-17-9-11-18(12-10-17)26-29-25(30-33-26)19-13-14-22-24(15-19)34-23-8-4-3-7-21(23)27(32)31(22)20-5-1-2-6-20/h3-4,7-15,20H,1-2,5-6H2. The maximum atomic E-state index is 13.6. The molecule has 7 heteroatoms. The van der Waals surface area contributed by atoms with Crippen LogP contribution in [0.15, 0.2) is 81.0 Å². The Bertz CT molecular complexity index is 1430. The SMILES string of the molecule is N#Cc1ccc(-c2nc(-c3ccc4c(c3)Sc3ccccc3C(=O)N4C3CCCC3)no2)cc1. The average Bonchev–Trinajstić information content (AvgIpc) is 3.56. The number of aromatic nitrogens is 2. The van der Waals surface area contributed by atoms with E-state index in [2.05, 4.69) is 16.2 Å². The Morgan fingerprint density at radius 3 is 2.53 bits per heavy atom. The minimum Gasteiger partial charge on any atom is -0.334 e. The lowest BCUT2D eigenvalue weighted by atomic mass is 10.1. The van der Waals surface area contributed by atoms with Gasteiger partial charge in [0, 0.05) is 27.0 Å². The van der Waals surface area contributed by atoms with Crippen molar-refractivity contribution in [3.05, 3.63) is 77.9 Å². The minimum absolute atomic E-state index is 0.0733. The molecule has 1 fully saturated rings. The summed E-state index contributed by atoms with van der Waals surface area (Å²) in [5.41, 5.74) is 3.85. The van der Waals surface area contributed by atoms with Crippen molar-refractivity contribution in [1.29, 1.82) is 5.26 Å². The molecule has 1 amide bonds. The van der Waals surface area contributed by atoms with Crippen LogP contribution in [0.4, 0.5) is 5.69 Å². The van der Waals surface area contributed by atoms with E-state index in [1.165, 1.54) is 0 Å². The van der Waals surface area contributed by atoms with Crippen LogP contribution in [0.3, 0.4) is 0 Å². The highest BCUT2D eigenvalue weighted by Crippen LogP contribution is 2.45. The fraction of sp³-hybridized carbons (Fsp3) is 0.185. The average molecular weight is 465 g/mol. The lowest BCUT2D eigenvalue weighted by Crippen LogP contribution is -2.39. The predicted octanol–water partition coefficient (Wildman–Crippen LogP) is 6.33. The fourth-order valence-electron chi connectivity index (χ4n) is 4.69. The van der Waals surface area contributed by atoms with Crippen LogP contribution < -0.4 is 4.90 Å². The summed E-state index contributed by atoms with van der Waals surface area (Å²) in [5.74, 6) is 0.957. The number of hydrogen-bond donors (Lipinski definition) is 0. The number of fused-ring (bicyclic) bond motifs is 2. The monoisotopic (exact) mass is 464 g/mol. The molecule has 1 aliphatic carbocycles. The molecule has 1 saturated carbocycles. The van der Waals surface area contributed by atoms with Gasteiger partial charge in [-0.1, -0.05) is 41.9 Å². The van der Waals surface area contributed by atoms with E-state index in [-0.39, 0.29) is 11.9 Å². The van der Waals surface area contributed by atoms with Gasteiger partial charge in [0.2, 0.25) is 5.82 Å². The first-order valence-corrected chi connectivity index (χ1v) is 12.1. The van der Waals surface area contributed by atoms with Crippen LogP contribution in [0.2, 0.25) is 0 Å². The Morgan fingerprint density at radius 1 is 0.971 bits per heavy atom. The van der Waals surface area contributed by atoms with Crippen molar-refractivity contribution in [1.82, 2.24) is 10.1 Å². The van der Waals surface area contributed by atoms with Gasteiger partial charge in [0.05, 0.1) is 22.9 Å². The summed E-state index contributed by atoms with van der Waals surface area (Å²) < 4.78 is 5.51. The van der Waals surface area contributed by atoms with Gasteiger partial charge in [-0.05, 0) is 67.4 Å². The molecule has 6 rings (SSSR count). The summed E-state index contributed by atoms with van der Waals surface area (Å²) in [4.78, 5) is 22.2. The summed E-state index contributed by atoms with van der Waals surface area (Å²) in [6.07, 6.45) is 4.35. The third kappa shape index (κ3) is 3.57. The topological polar surface area (TPSA) is 83.0 Å². The van der Waals surface area contributed by atoms with Crippen LogP contribution >= 0.6 is 11.8 Å². The first-order valence-electron chi connectivity index (χ1n) is 11.3. The molecule has 0 radical (unpaired) electrons. The summed E-state index contributed by atoms with van der Waals surface area (Å²) >= 11 is 1.61. The summed E-state index contributed by atoms with van der Waals surface area (Å²) in [7, 11) is 0. The van der Waals surface area contributed by atoms with E-state index < -0.39 is 0 Å². The Labute approximate surface area is 201 Å². The van der Waals surface area contributed by atoms with Gasteiger partial charge >= 0.3 is 0 Å². The number of carbonyl (C=O) groups excluding carboxylic acids is 1. The molecular formula is C27H20N4O2S. The molecule has 166 valence electrons. The zero-order chi connectivity index (χ0) is 23.1. The number of hydrogen-bond acceptors (Lipinski definition) is 6. The maximum absolute atomic E-state index is 13.6. The van der Waals surface area contributed by atoms with Crippen molar-refractivity contribution < 1.29 is 9.32 Å². The lowest BCUT2D eigenvalue weighted by Gasteiger charge is -2.29. The number of rotatable bonds is 3. The van der Waals surface area contributed by atoms with Crippen LogP contribution in [0, 0.1) is 11.3 Å². The first-order chi connectivity index (χ1) is 16.7. The van der Waals surface area contributed by atoms with E-state index in [0.29, 0.717) is 17.3 Å². The van der Waals surface area contributed by atoms with Gasteiger partial charge in [-0.25, -0.2) is 0 Å². The summed E-state index contributed by atoms with van der Waals surface area (Å²) in [5, 5.41) is 13.2. The van der Waals surface area contributed by atoms with Crippen molar-refractivity contribution in [2.45, 2.75) is 41.5 Å². The summed E-state index contributed by atoms with van der Waals surface area (Å²) in [6, 6.07) is 23.2. The van der Waals surface area contributed by atoms with Gasteiger partial charge in [0.1, 0.15) is 0 Å². The largest absolute Gasteiger partial charge is 0.334 e. The molecule has 2 heterocycles. The first kappa shape index (κ1) is 20.7. The van der Waals surface area contributed by atoms with Crippen molar-refractivity contribution >= 4 is 23.4 Å². The highest BCUT2D eigenvalue weighted by molar-refractivity contribution is 7.99. The van der Waals surface area contributed by atoms with Crippen LogP contribution in [-0.2, 0) is 0 Å². The number of nitriles is 1. The van der Waals surface area contributed by atoms with E-state index in [9.17, 15) is 4.79 Å². The van der Waals surface area contributed by atoms with Crippen LogP contribution in [0.1, 0.15) is 41.6 Å². The fourth-order valence-corrected chi connectivity index (χ4v) is 5.80. The normalized spacial score (nSPS) is 15.5. The molecule has 34 heavy (non-hydrogen) atoms. The van der Waals surface area contributed by atoms with E-state index in [1.807, 2.05) is 47.4 Å². The second-order valence-corrected chi connectivity index (χ2v) is 9.59. The highest BCUT2D eigenvalue weighted by atomic mass is 32.2. The third-order valence-electron chi connectivity index (χ3n) is 6.41. The molecule has 1 aliphatic heterocycles. The van der Waals surface area contributed by atoms with E-state index in [0.717, 1.165) is 57.9 Å². The molecule has 6 nitrogen and oxygen atoms in total. The van der Waals surface area contributed by atoms with Crippen molar-refractivity contribution in [2.24, 2.45) is 0 Å².